The summed E-state index contributed by atoms with van der Waals surface area (Å²) in [5, 5.41) is 3.53. The molecule has 0 saturated heterocycles. The number of hydrogen-bond donors (Lipinski definition) is 2. The zero-order valence-corrected chi connectivity index (χ0v) is 14.2. The molecule has 2 atom stereocenters. The van der Waals surface area contributed by atoms with Crippen molar-refractivity contribution in [3.8, 4) is 0 Å². The van der Waals surface area contributed by atoms with Gasteiger partial charge in [0.1, 0.15) is 5.82 Å². The SMILES string of the molecule is NC1CCCCC1Nc1nc2ccccc2n1Cc1ccccc1F. The molecule has 4 rings (SSSR count). The van der Waals surface area contributed by atoms with Crippen LogP contribution in [0.25, 0.3) is 11.0 Å². The van der Waals surface area contributed by atoms with Crippen LogP contribution in [0, 0.1) is 5.82 Å². The Hall–Kier alpha value is -2.40. The molecule has 2 unspecified atom stereocenters. The molecule has 1 fully saturated rings. The number of nitrogens with two attached hydrogens (primary N) is 1. The number of halogens is 1. The van der Waals surface area contributed by atoms with Gasteiger partial charge < -0.3 is 15.6 Å². The molecule has 1 aliphatic rings. The van der Waals surface area contributed by atoms with Gasteiger partial charge in [-0.25, -0.2) is 9.37 Å². The van der Waals surface area contributed by atoms with Crippen LogP contribution >= 0.6 is 0 Å². The van der Waals surface area contributed by atoms with Crippen LogP contribution in [-0.4, -0.2) is 21.6 Å². The van der Waals surface area contributed by atoms with E-state index in [2.05, 4.69) is 9.88 Å². The van der Waals surface area contributed by atoms with E-state index in [4.69, 9.17) is 10.7 Å². The molecule has 3 aromatic rings. The van der Waals surface area contributed by atoms with Crippen molar-refractivity contribution < 1.29 is 4.39 Å². The summed E-state index contributed by atoms with van der Waals surface area (Å²) >= 11 is 0. The highest BCUT2D eigenvalue weighted by atomic mass is 19.1. The number of aromatic nitrogens is 2. The van der Waals surface area contributed by atoms with Crippen molar-refractivity contribution in [3.63, 3.8) is 0 Å². The maximum Gasteiger partial charge on any atom is 0.204 e. The van der Waals surface area contributed by atoms with Crippen LogP contribution in [0.1, 0.15) is 31.2 Å². The molecule has 0 bridgehead atoms. The average molecular weight is 338 g/mol. The number of fused-ring (bicyclic) bond motifs is 1. The molecule has 130 valence electrons. The highest BCUT2D eigenvalue weighted by molar-refractivity contribution is 5.78. The quantitative estimate of drug-likeness (QED) is 0.758. The second-order valence-corrected chi connectivity index (χ2v) is 6.80. The van der Waals surface area contributed by atoms with E-state index >= 15 is 0 Å². The molecule has 3 N–H and O–H groups in total. The lowest BCUT2D eigenvalue weighted by Crippen LogP contribution is -2.43. The van der Waals surface area contributed by atoms with E-state index in [1.165, 1.54) is 18.9 Å². The molecule has 0 amide bonds. The van der Waals surface area contributed by atoms with Crippen LogP contribution in [0.2, 0.25) is 0 Å². The van der Waals surface area contributed by atoms with Crippen LogP contribution in [0.4, 0.5) is 10.3 Å². The van der Waals surface area contributed by atoms with Gasteiger partial charge in [0.15, 0.2) is 0 Å². The monoisotopic (exact) mass is 338 g/mol. The van der Waals surface area contributed by atoms with Gasteiger partial charge in [-0.2, -0.15) is 0 Å². The maximum atomic E-state index is 14.2. The predicted molar refractivity (Wildman–Crippen MR) is 99.1 cm³/mol. The van der Waals surface area contributed by atoms with Crippen molar-refractivity contribution in [1.29, 1.82) is 0 Å². The van der Waals surface area contributed by atoms with Crippen molar-refractivity contribution in [2.24, 2.45) is 5.73 Å². The number of imidazole rings is 1. The molecular weight excluding hydrogens is 315 g/mol. The van der Waals surface area contributed by atoms with Crippen molar-refractivity contribution in [1.82, 2.24) is 9.55 Å². The number of nitrogens with one attached hydrogen (secondary N) is 1. The van der Waals surface area contributed by atoms with Crippen LogP contribution in [0.3, 0.4) is 0 Å². The third kappa shape index (κ3) is 3.24. The third-order valence-corrected chi connectivity index (χ3v) is 5.07. The lowest BCUT2D eigenvalue weighted by Gasteiger charge is -2.29. The molecule has 1 saturated carbocycles. The number of benzene rings is 2. The van der Waals surface area contributed by atoms with E-state index in [0.29, 0.717) is 12.1 Å². The molecule has 1 aromatic heterocycles. The Kier molecular flexibility index (Phi) is 4.40. The van der Waals surface area contributed by atoms with Gasteiger partial charge in [0.25, 0.3) is 0 Å². The minimum absolute atomic E-state index is 0.135. The zero-order chi connectivity index (χ0) is 17.2. The summed E-state index contributed by atoms with van der Waals surface area (Å²) in [5.41, 5.74) is 8.85. The first-order valence-electron chi connectivity index (χ1n) is 8.93. The van der Waals surface area contributed by atoms with Crippen molar-refractivity contribution in [2.45, 2.75) is 44.3 Å². The predicted octanol–water partition coefficient (Wildman–Crippen LogP) is 3.91. The van der Waals surface area contributed by atoms with Gasteiger partial charge >= 0.3 is 0 Å². The Labute approximate surface area is 146 Å². The van der Waals surface area contributed by atoms with Crippen LogP contribution in [0.15, 0.2) is 48.5 Å². The van der Waals surface area contributed by atoms with E-state index < -0.39 is 0 Å². The summed E-state index contributed by atoms with van der Waals surface area (Å²) in [5.74, 6) is 0.576. The number of rotatable bonds is 4. The second-order valence-electron chi connectivity index (χ2n) is 6.80. The van der Waals surface area contributed by atoms with Crippen molar-refractivity contribution in [2.75, 3.05) is 5.32 Å². The first kappa shape index (κ1) is 16.1. The Bertz CT molecular complexity index is 873. The number of nitrogens with zero attached hydrogens (tertiary/aromatic N) is 2. The lowest BCUT2D eigenvalue weighted by molar-refractivity contribution is 0.401. The summed E-state index contributed by atoms with van der Waals surface area (Å²) < 4.78 is 16.2. The van der Waals surface area contributed by atoms with Crippen LogP contribution in [-0.2, 0) is 6.54 Å². The molecule has 5 heteroatoms. The van der Waals surface area contributed by atoms with Gasteiger partial charge in [-0.1, -0.05) is 43.2 Å². The fraction of sp³-hybridized carbons (Fsp3) is 0.350. The second kappa shape index (κ2) is 6.84. The molecular formula is C20H23FN4. The average Bonchev–Trinajstić information content (AvgIpc) is 2.96. The van der Waals surface area contributed by atoms with Gasteiger partial charge in [0.05, 0.1) is 17.6 Å². The molecule has 0 aliphatic heterocycles. The maximum absolute atomic E-state index is 14.2. The molecule has 0 spiro atoms. The van der Waals surface area contributed by atoms with Crippen LogP contribution in [0.5, 0.6) is 0 Å². The fourth-order valence-corrected chi connectivity index (χ4v) is 3.65. The molecule has 2 aromatic carbocycles. The highest BCUT2D eigenvalue weighted by Crippen LogP contribution is 2.25. The Morgan fingerprint density at radius 2 is 1.84 bits per heavy atom. The zero-order valence-electron chi connectivity index (χ0n) is 14.2. The van der Waals surface area contributed by atoms with Crippen LogP contribution < -0.4 is 11.1 Å². The highest BCUT2D eigenvalue weighted by Gasteiger charge is 2.24. The van der Waals surface area contributed by atoms with Gasteiger partial charge in [-0.3, -0.25) is 0 Å². The summed E-state index contributed by atoms with van der Waals surface area (Å²) in [6, 6.07) is 15.2. The minimum atomic E-state index is -0.194. The summed E-state index contributed by atoms with van der Waals surface area (Å²) in [6.07, 6.45) is 4.44. The number of hydrogen-bond acceptors (Lipinski definition) is 3. The Morgan fingerprint density at radius 3 is 2.68 bits per heavy atom. The summed E-state index contributed by atoms with van der Waals surface area (Å²) in [6.45, 7) is 0.442. The standard InChI is InChI=1S/C20H23FN4/c21-15-8-2-1-7-14(15)13-25-19-12-6-5-11-18(19)24-20(25)23-17-10-4-3-9-16(17)22/h1-2,5-8,11-12,16-17H,3-4,9-10,13,22H2,(H,23,24). The molecule has 1 heterocycles. The van der Waals surface area contributed by atoms with Gasteiger partial charge in [0.2, 0.25) is 5.95 Å². The Balaban J connectivity index is 1.72. The first-order valence-corrected chi connectivity index (χ1v) is 8.93. The third-order valence-electron chi connectivity index (χ3n) is 5.07. The summed E-state index contributed by atoms with van der Waals surface area (Å²) in [7, 11) is 0. The van der Waals surface area contributed by atoms with E-state index in [1.54, 1.807) is 6.07 Å². The van der Waals surface area contributed by atoms with E-state index in [1.807, 2.05) is 36.4 Å². The molecule has 25 heavy (non-hydrogen) atoms. The Morgan fingerprint density at radius 1 is 1.08 bits per heavy atom. The normalized spacial score (nSPS) is 20.7. The number of para-hydroxylation sites is 2. The van der Waals surface area contributed by atoms with E-state index in [-0.39, 0.29) is 17.9 Å². The van der Waals surface area contributed by atoms with E-state index in [0.717, 1.165) is 29.8 Å². The minimum Gasteiger partial charge on any atom is -0.351 e. The summed E-state index contributed by atoms with van der Waals surface area (Å²) in [4.78, 5) is 4.74. The largest absolute Gasteiger partial charge is 0.351 e. The van der Waals surface area contributed by atoms with Crippen molar-refractivity contribution >= 4 is 17.0 Å². The van der Waals surface area contributed by atoms with E-state index in [9.17, 15) is 4.39 Å². The van der Waals surface area contributed by atoms with Gasteiger partial charge in [-0.05, 0) is 31.0 Å². The van der Waals surface area contributed by atoms with Gasteiger partial charge in [-0.15, -0.1) is 0 Å². The van der Waals surface area contributed by atoms with Gasteiger partial charge in [0, 0.05) is 17.6 Å². The molecule has 4 nitrogen and oxygen atoms in total. The topological polar surface area (TPSA) is 55.9 Å². The smallest absolute Gasteiger partial charge is 0.204 e. The lowest BCUT2D eigenvalue weighted by atomic mass is 9.91. The fourth-order valence-electron chi connectivity index (χ4n) is 3.65. The number of anilines is 1. The van der Waals surface area contributed by atoms with Crippen molar-refractivity contribution in [3.05, 3.63) is 59.9 Å². The first-order chi connectivity index (χ1) is 12.2. The molecule has 1 aliphatic carbocycles. The molecule has 0 radical (unpaired) electrons.